The summed E-state index contributed by atoms with van der Waals surface area (Å²) in [5, 5.41) is 17.7. The Hall–Kier alpha value is -0.0800. The van der Waals surface area contributed by atoms with Gasteiger partial charge in [0.15, 0.2) is 0 Å². The topological polar surface area (TPSA) is 40.5 Å². The second-order valence-corrected chi connectivity index (χ2v) is 3.86. The first-order valence-corrected chi connectivity index (χ1v) is 4.90. The Balaban J connectivity index is 3.45. The summed E-state index contributed by atoms with van der Waals surface area (Å²) in [7, 11) is 0. The van der Waals surface area contributed by atoms with Crippen LogP contribution in [0.25, 0.3) is 0 Å². The fourth-order valence-electron chi connectivity index (χ4n) is 1.21. The molecule has 1 atom stereocenters. The second-order valence-electron chi connectivity index (χ2n) is 3.86. The lowest BCUT2D eigenvalue weighted by atomic mass is 9.83. The maximum absolute atomic E-state index is 9.09. The van der Waals surface area contributed by atoms with Crippen LogP contribution in [0, 0.1) is 5.41 Å². The van der Waals surface area contributed by atoms with Crippen molar-refractivity contribution >= 4 is 0 Å². The smallest absolute Gasteiger partial charge is 0.0484 e. The molecule has 0 saturated carbocycles. The van der Waals surface area contributed by atoms with Crippen molar-refractivity contribution in [3.05, 3.63) is 0 Å². The first-order chi connectivity index (χ1) is 5.68. The Morgan fingerprint density at radius 2 is 1.75 bits per heavy atom. The van der Waals surface area contributed by atoms with Crippen molar-refractivity contribution in [3.8, 4) is 0 Å². The van der Waals surface area contributed by atoms with Gasteiger partial charge in [-0.1, -0.05) is 26.7 Å². The van der Waals surface area contributed by atoms with Crippen LogP contribution in [0.5, 0.6) is 0 Å². The summed E-state index contributed by atoms with van der Waals surface area (Å²) in [4.78, 5) is 0. The number of hydrogen-bond acceptors (Lipinski definition) is 2. The zero-order valence-corrected chi connectivity index (χ0v) is 8.34. The molecule has 0 aliphatic heterocycles. The Morgan fingerprint density at radius 3 is 2.17 bits per heavy atom. The van der Waals surface area contributed by atoms with Crippen molar-refractivity contribution in [3.63, 3.8) is 0 Å². The van der Waals surface area contributed by atoms with Crippen LogP contribution in [0.2, 0.25) is 0 Å². The quantitative estimate of drug-likeness (QED) is 0.579. The molecular formula is C10H22O2. The molecular weight excluding hydrogens is 152 g/mol. The van der Waals surface area contributed by atoms with Gasteiger partial charge in [0, 0.05) is 13.2 Å². The van der Waals surface area contributed by atoms with Gasteiger partial charge < -0.3 is 10.2 Å². The van der Waals surface area contributed by atoms with E-state index in [2.05, 4.69) is 13.8 Å². The van der Waals surface area contributed by atoms with Gasteiger partial charge in [-0.25, -0.2) is 0 Å². The zero-order valence-electron chi connectivity index (χ0n) is 8.34. The van der Waals surface area contributed by atoms with Gasteiger partial charge in [0.05, 0.1) is 0 Å². The zero-order chi connectivity index (χ0) is 9.45. The number of aliphatic hydroxyl groups is 2. The first kappa shape index (κ1) is 11.9. The molecule has 0 saturated heterocycles. The van der Waals surface area contributed by atoms with Crippen molar-refractivity contribution in [1.29, 1.82) is 0 Å². The molecule has 0 spiro atoms. The minimum atomic E-state index is 0.107. The van der Waals surface area contributed by atoms with E-state index in [-0.39, 0.29) is 12.0 Å². The summed E-state index contributed by atoms with van der Waals surface area (Å²) in [5.74, 6) is 0. The van der Waals surface area contributed by atoms with Crippen molar-refractivity contribution in [2.45, 2.75) is 46.0 Å². The molecule has 0 rings (SSSR count). The molecule has 2 heteroatoms. The predicted molar refractivity (Wildman–Crippen MR) is 51.0 cm³/mol. The van der Waals surface area contributed by atoms with Gasteiger partial charge in [-0.3, -0.25) is 0 Å². The third-order valence-corrected chi connectivity index (χ3v) is 2.67. The van der Waals surface area contributed by atoms with Crippen LogP contribution in [0.4, 0.5) is 0 Å². The molecule has 0 fully saturated rings. The molecule has 0 radical (unpaired) electrons. The van der Waals surface area contributed by atoms with Crippen LogP contribution in [0.1, 0.15) is 46.0 Å². The Morgan fingerprint density at radius 1 is 1.08 bits per heavy atom. The molecule has 2 N–H and O–H groups in total. The van der Waals surface area contributed by atoms with E-state index in [0.717, 1.165) is 32.1 Å². The highest BCUT2D eigenvalue weighted by atomic mass is 16.3. The minimum absolute atomic E-state index is 0.107. The highest BCUT2D eigenvalue weighted by molar-refractivity contribution is 4.70. The molecule has 74 valence electrons. The predicted octanol–water partition coefficient (Wildman–Crippen LogP) is 1.95. The third-order valence-electron chi connectivity index (χ3n) is 2.67. The molecule has 0 amide bonds. The standard InChI is InChI=1S/C10H22O2/c1-3-10(2,9-12)7-5-4-6-8-11/h11-12H,3-9H2,1-2H3. The summed E-state index contributed by atoms with van der Waals surface area (Å²) in [6.45, 7) is 4.80. The van der Waals surface area contributed by atoms with Crippen molar-refractivity contribution in [2.75, 3.05) is 13.2 Å². The lowest BCUT2D eigenvalue weighted by molar-refractivity contribution is 0.124. The van der Waals surface area contributed by atoms with Gasteiger partial charge in [0.2, 0.25) is 0 Å². The highest BCUT2D eigenvalue weighted by Crippen LogP contribution is 2.27. The Bertz CT molecular complexity index is 98.0. The summed E-state index contributed by atoms with van der Waals surface area (Å²) >= 11 is 0. The highest BCUT2D eigenvalue weighted by Gasteiger charge is 2.19. The Kier molecular flexibility index (Phi) is 6.39. The van der Waals surface area contributed by atoms with Crippen LogP contribution >= 0.6 is 0 Å². The number of aliphatic hydroxyl groups excluding tert-OH is 2. The number of hydrogen-bond donors (Lipinski definition) is 2. The molecule has 2 nitrogen and oxygen atoms in total. The van der Waals surface area contributed by atoms with Gasteiger partial charge in [-0.2, -0.15) is 0 Å². The fraction of sp³-hybridized carbons (Fsp3) is 1.00. The van der Waals surface area contributed by atoms with E-state index in [0.29, 0.717) is 6.61 Å². The Labute approximate surface area is 75.6 Å². The van der Waals surface area contributed by atoms with Crippen molar-refractivity contribution in [2.24, 2.45) is 5.41 Å². The molecule has 0 aromatic carbocycles. The van der Waals surface area contributed by atoms with Gasteiger partial charge in [0.25, 0.3) is 0 Å². The molecule has 0 aliphatic carbocycles. The van der Waals surface area contributed by atoms with Gasteiger partial charge >= 0.3 is 0 Å². The second kappa shape index (κ2) is 6.44. The summed E-state index contributed by atoms with van der Waals surface area (Å²) in [6.07, 6.45) is 5.19. The van der Waals surface area contributed by atoms with Gasteiger partial charge in [-0.15, -0.1) is 0 Å². The molecule has 1 unspecified atom stereocenters. The largest absolute Gasteiger partial charge is 0.396 e. The molecule has 0 aromatic rings. The van der Waals surface area contributed by atoms with Crippen molar-refractivity contribution in [1.82, 2.24) is 0 Å². The van der Waals surface area contributed by atoms with E-state index in [1.54, 1.807) is 0 Å². The monoisotopic (exact) mass is 174 g/mol. The molecule has 0 bridgehead atoms. The minimum Gasteiger partial charge on any atom is -0.396 e. The van der Waals surface area contributed by atoms with Crippen LogP contribution in [0.15, 0.2) is 0 Å². The third kappa shape index (κ3) is 4.73. The maximum Gasteiger partial charge on any atom is 0.0484 e. The van der Waals surface area contributed by atoms with Gasteiger partial charge in [-0.05, 0) is 24.7 Å². The molecule has 0 aliphatic rings. The average Bonchev–Trinajstić information content (AvgIpc) is 2.12. The van der Waals surface area contributed by atoms with E-state index >= 15 is 0 Å². The van der Waals surface area contributed by atoms with Crippen LogP contribution in [-0.2, 0) is 0 Å². The number of unbranched alkanes of at least 4 members (excludes halogenated alkanes) is 2. The van der Waals surface area contributed by atoms with Gasteiger partial charge in [0.1, 0.15) is 0 Å². The summed E-state index contributed by atoms with van der Waals surface area (Å²) in [6, 6.07) is 0. The summed E-state index contributed by atoms with van der Waals surface area (Å²) < 4.78 is 0. The molecule has 0 aromatic heterocycles. The van der Waals surface area contributed by atoms with E-state index in [1.807, 2.05) is 0 Å². The average molecular weight is 174 g/mol. The van der Waals surface area contributed by atoms with E-state index in [1.165, 1.54) is 0 Å². The molecule has 12 heavy (non-hydrogen) atoms. The van der Waals surface area contributed by atoms with Crippen molar-refractivity contribution < 1.29 is 10.2 Å². The van der Waals surface area contributed by atoms with Crippen LogP contribution in [0.3, 0.4) is 0 Å². The van der Waals surface area contributed by atoms with Crippen LogP contribution < -0.4 is 0 Å². The molecule has 0 heterocycles. The number of rotatable bonds is 7. The fourth-order valence-corrected chi connectivity index (χ4v) is 1.21. The maximum atomic E-state index is 9.09. The normalized spacial score (nSPS) is 16.0. The van der Waals surface area contributed by atoms with E-state index < -0.39 is 0 Å². The summed E-state index contributed by atoms with van der Waals surface area (Å²) in [5.41, 5.74) is 0.107. The first-order valence-electron chi connectivity index (χ1n) is 4.90. The SMILES string of the molecule is CCC(C)(CO)CCCCCO. The lowest BCUT2D eigenvalue weighted by Gasteiger charge is -2.25. The lowest BCUT2D eigenvalue weighted by Crippen LogP contribution is -2.19. The van der Waals surface area contributed by atoms with Crippen LogP contribution in [-0.4, -0.2) is 23.4 Å². The van der Waals surface area contributed by atoms with E-state index in [4.69, 9.17) is 10.2 Å². The van der Waals surface area contributed by atoms with E-state index in [9.17, 15) is 0 Å².